The minimum Gasteiger partial charge on any atom is -0.481 e. The number of hydrogen-bond donors (Lipinski definition) is 2. The Balaban J connectivity index is 1.87. The molecular weight excluding hydrogens is 378 g/mol. The van der Waals surface area contributed by atoms with Crippen LogP contribution in [-0.2, 0) is 19.1 Å². The van der Waals surface area contributed by atoms with E-state index in [2.05, 4.69) is 5.32 Å². The lowest BCUT2D eigenvalue weighted by atomic mass is 9.78. The molecule has 0 heterocycles. The lowest BCUT2D eigenvalue weighted by Crippen LogP contribution is -2.37. The van der Waals surface area contributed by atoms with Gasteiger partial charge in [-0.2, -0.15) is 0 Å². The minimum atomic E-state index is -0.954. The molecule has 2 aliphatic carbocycles. The van der Waals surface area contributed by atoms with Crippen molar-refractivity contribution in [3.05, 3.63) is 29.3 Å². The van der Waals surface area contributed by atoms with E-state index in [1.165, 1.54) is 18.2 Å². The van der Waals surface area contributed by atoms with Gasteiger partial charge in [0.25, 0.3) is 0 Å². The standard InChI is InChI=1S/C21H25NO7/c1-3-28-20(26)13-8-14(21(27)29-4-2)10-15(9-13)22-18(23)16-11-5-6-12(7-11)17(16)19(24)25/h8-12,16-17H,3-7H2,1-2H3,(H,22,23)(H,24,25)/t11-,12-,16-,17-/m0/s1. The van der Waals surface area contributed by atoms with E-state index in [-0.39, 0.29) is 41.9 Å². The second-order valence-electron chi connectivity index (χ2n) is 7.45. The van der Waals surface area contributed by atoms with E-state index in [1.54, 1.807) is 13.8 Å². The molecule has 2 bridgehead atoms. The lowest BCUT2D eigenvalue weighted by Gasteiger charge is -2.27. The van der Waals surface area contributed by atoms with Crippen LogP contribution in [0.25, 0.3) is 0 Å². The van der Waals surface area contributed by atoms with Crippen LogP contribution in [0.5, 0.6) is 0 Å². The maximum atomic E-state index is 12.9. The van der Waals surface area contributed by atoms with Crippen LogP contribution in [0, 0.1) is 23.7 Å². The second-order valence-corrected chi connectivity index (χ2v) is 7.45. The molecule has 0 saturated heterocycles. The number of fused-ring (bicyclic) bond motifs is 2. The van der Waals surface area contributed by atoms with Crippen molar-refractivity contribution in [3.63, 3.8) is 0 Å². The molecule has 156 valence electrons. The van der Waals surface area contributed by atoms with Crippen LogP contribution in [0.4, 0.5) is 5.69 Å². The number of carbonyl (C=O) groups is 4. The number of benzene rings is 1. The van der Waals surface area contributed by atoms with Crippen molar-refractivity contribution in [2.75, 3.05) is 18.5 Å². The zero-order chi connectivity index (χ0) is 21.1. The molecule has 2 saturated carbocycles. The fourth-order valence-corrected chi connectivity index (χ4v) is 4.61. The summed E-state index contributed by atoms with van der Waals surface area (Å²) in [5.74, 6) is -3.87. The average molecular weight is 403 g/mol. The number of anilines is 1. The molecule has 1 amide bonds. The summed E-state index contributed by atoms with van der Waals surface area (Å²) in [5, 5.41) is 12.3. The van der Waals surface area contributed by atoms with Gasteiger partial charge in [0, 0.05) is 5.69 Å². The molecule has 0 aliphatic heterocycles. The fourth-order valence-electron chi connectivity index (χ4n) is 4.61. The third-order valence-corrected chi connectivity index (χ3v) is 5.73. The van der Waals surface area contributed by atoms with Gasteiger partial charge in [0.1, 0.15) is 0 Å². The molecule has 0 radical (unpaired) electrons. The Morgan fingerprint density at radius 3 is 1.93 bits per heavy atom. The Kier molecular flexibility index (Phi) is 6.20. The summed E-state index contributed by atoms with van der Waals surface area (Å²) in [5.41, 5.74) is 0.446. The predicted molar refractivity (Wildman–Crippen MR) is 102 cm³/mol. The van der Waals surface area contributed by atoms with Gasteiger partial charge in [0.15, 0.2) is 0 Å². The highest BCUT2D eigenvalue weighted by molar-refractivity contribution is 6.01. The monoisotopic (exact) mass is 403 g/mol. The van der Waals surface area contributed by atoms with E-state index in [1.807, 2.05) is 0 Å². The van der Waals surface area contributed by atoms with E-state index >= 15 is 0 Å². The SMILES string of the molecule is CCOC(=O)c1cc(NC(=O)[C@H]2[C@H]3CC[C@@H](C3)[C@@H]2C(=O)O)cc(C(=O)OCC)c1. The first-order chi connectivity index (χ1) is 13.8. The van der Waals surface area contributed by atoms with Crippen molar-refractivity contribution < 1.29 is 33.8 Å². The number of carbonyl (C=O) groups excluding carboxylic acids is 3. The summed E-state index contributed by atoms with van der Waals surface area (Å²) in [6.07, 6.45) is 2.41. The summed E-state index contributed by atoms with van der Waals surface area (Å²) < 4.78 is 9.98. The summed E-state index contributed by atoms with van der Waals surface area (Å²) >= 11 is 0. The van der Waals surface area contributed by atoms with Gasteiger partial charge >= 0.3 is 17.9 Å². The summed E-state index contributed by atoms with van der Waals surface area (Å²) in [7, 11) is 0. The first-order valence-corrected chi connectivity index (χ1v) is 9.88. The molecule has 29 heavy (non-hydrogen) atoms. The van der Waals surface area contributed by atoms with E-state index < -0.39 is 35.7 Å². The zero-order valence-electron chi connectivity index (χ0n) is 16.5. The Bertz CT molecular complexity index is 798. The van der Waals surface area contributed by atoms with Crippen molar-refractivity contribution in [2.24, 2.45) is 23.7 Å². The van der Waals surface area contributed by atoms with E-state index in [0.717, 1.165) is 19.3 Å². The number of rotatable bonds is 7. The average Bonchev–Trinajstić information content (AvgIpc) is 3.29. The molecule has 2 fully saturated rings. The van der Waals surface area contributed by atoms with E-state index in [4.69, 9.17) is 9.47 Å². The zero-order valence-corrected chi connectivity index (χ0v) is 16.5. The Labute approximate surface area is 168 Å². The highest BCUT2D eigenvalue weighted by Gasteiger charge is 2.54. The van der Waals surface area contributed by atoms with Gasteiger partial charge in [-0.15, -0.1) is 0 Å². The maximum Gasteiger partial charge on any atom is 0.338 e. The molecule has 2 N–H and O–H groups in total. The molecule has 0 aromatic heterocycles. The van der Waals surface area contributed by atoms with E-state index in [9.17, 15) is 24.3 Å². The van der Waals surface area contributed by atoms with Crippen LogP contribution >= 0.6 is 0 Å². The maximum absolute atomic E-state index is 12.9. The van der Waals surface area contributed by atoms with Crippen molar-refractivity contribution >= 4 is 29.5 Å². The normalized spacial score (nSPS) is 24.8. The molecule has 8 heteroatoms. The number of esters is 2. The minimum absolute atomic E-state index is 0.0224. The number of hydrogen-bond acceptors (Lipinski definition) is 6. The summed E-state index contributed by atoms with van der Waals surface area (Å²) in [6, 6.07) is 4.19. The van der Waals surface area contributed by atoms with Gasteiger partial charge in [-0.25, -0.2) is 9.59 Å². The molecule has 3 rings (SSSR count). The Hall–Kier alpha value is -2.90. The molecule has 1 aromatic rings. The van der Waals surface area contributed by atoms with Crippen LogP contribution in [-0.4, -0.2) is 42.1 Å². The smallest absolute Gasteiger partial charge is 0.338 e. The highest BCUT2D eigenvalue weighted by atomic mass is 16.5. The summed E-state index contributed by atoms with van der Waals surface area (Å²) in [4.78, 5) is 48.9. The van der Waals surface area contributed by atoms with Crippen molar-refractivity contribution in [1.82, 2.24) is 0 Å². The lowest BCUT2D eigenvalue weighted by molar-refractivity contribution is -0.148. The van der Waals surface area contributed by atoms with Crippen molar-refractivity contribution in [1.29, 1.82) is 0 Å². The third-order valence-electron chi connectivity index (χ3n) is 5.73. The number of aliphatic carboxylic acids is 1. The van der Waals surface area contributed by atoms with Gasteiger partial charge in [-0.3, -0.25) is 9.59 Å². The second kappa shape index (κ2) is 8.63. The molecule has 0 unspecified atom stereocenters. The van der Waals surface area contributed by atoms with Gasteiger partial charge < -0.3 is 19.9 Å². The van der Waals surface area contributed by atoms with Gasteiger partial charge in [-0.1, -0.05) is 0 Å². The van der Waals surface area contributed by atoms with Gasteiger partial charge in [-0.05, 0) is 63.1 Å². The number of nitrogens with one attached hydrogen (secondary N) is 1. The topological polar surface area (TPSA) is 119 Å². The number of carboxylic acids is 1. The quantitative estimate of drug-likeness (QED) is 0.672. The van der Waals surface area contributed by atoms with Crippen LogP contribution in [0.15, 0.2) is 18.2 Å². The highest BCUT2D eigenvalue weighted by Crippen LogP contribution is 2.52. The first-order valence-electron chi connectivity index (χ1n) is 9.88. The molecule has 1 aromatic carbocycles. The number of ether oxygens (including phenoxy) is 2. The Morgan fingerprint density at radius 2 is 1.45 bits per heavy atom. The van der Waals surface area contributed by atoms with Crippen molar-refractivity contribution in [2.45, 2.75) is 33.1 Å². The fraction of sp³-hybridized carbons (Fsp3) is 0.524. The van der Waals surface area contributed by atoms with Crippen LogP contribution < -0.4 is 5.32 Å². The van der Waals surface area contributed by atoms with Crippen molar-refractivity contribution in [3.8, 4) is 0 Å². The number of carboxylic acid groups (broad SMARTS) is 1. The molecular formula is C21H25NO7. The molecule has 0 spiro atoms. The largest absolute Gasteiger partial charge is 0.481 e. The molecule has 4 atom stereocenters. The van der Waals surface area contributed by atoms with Crippen LogP contribution in [0.1, 0.15) is 53.8 Å². The Morgan fingerprint density at radius 1 is 0.931 bits per heavy atom. The van der Waals surface area contributed by atoms with Gasteiger partial charge in [0.05, 0.1) is 36.2 Å². The summed E-state index contributed by atoms with van der Waals surface area (Å²) in [6.45, 7) is 3.65. The third kappa shape index (κ3) is 4.26. The van der Waals surface area contributed by atoms with Crippen LogP contribution in [0.3, 0.4) is 0 Å². The predicted octanol–water partition coefficient (Wildman–Crippen LogP) is 2.73. The van der Waals surface area contributed by atoms with Gasteiger partial charge in [0.2, 0.25) is 5.91 Å². The molecule has 8 nitrogen and oxygen atoms in total. The first kappa shape index (κ1) is 20.8. The molecule has 2 aliphatic rings. The van der Waals surface area contributed by atoms with Crippen LogP contribution in [0.2, 0.25) is 0 Å². The van der Waals surface area contributed by atoms with E-state index in [0.29, 0.717) is 0 Å². The number of amides is 1.